The Balaban J connectivity index is 1.96. The van der Waals surface area contributed by atoms with Crippen LogP contribution in [0.5, 0.6) is 0 Å². The minimum absolute atomic E-state index is 0.134. The molecule has 5 heteroatoms. The normalized spacial score (nSPS) is 12.1. The van der Waals surface area contributed by atoms with Crippen molar-refractivity contribution in [3.05, 3.63) is 71.9 Å². The second-order valence-electron chi connectivity index (χ2n) is 5.69. The van der Waals surface area contributed by atoms with Crippen molar-refractivity contribution in [2.75, 3.05) is 5.73 Å². The number of aryl methyl sites for hydroxylation is 1. The standard InChI is InChI=1S/C19H18N2O2S/c1-13-2-6-16(7-3-13)18-10-17(11-21-19(18)20)15-8-4-14(5-9-15)12-24(22)23/h2-11H,12H2,1H3,(H2,20,21)(H,22,23). The Morgan fingerprint density at radius 3 is 2.25 bits per heavy atom. The number of nitrogens with two attached hydrogens (primary N) is 1. The van der Waals surface area contributed by atoms with E-state index in [1.165, 1.54) is 5.56 Å². The fourth-order valence-electron chi connectivity index (χ4n) is 2.53. The van der Waals surface area contributed by atoms with Crippen LogP contribution < -0.4 is 5.73 Å². The van der Waals surface area contributed by atoms with Crippen LogP contribution in [-0.2, 0) is 16.8 Å². The molecule has 3 aromatic rings. The Labute approximate surface area is 143 Å². The van der Waals surface area contributed by atoms with Crippen LogP contribution in [0.3, 0.4) is 0 Å². The van der Waals surface area contributed by atoms with Crippen LogP contribution in [-0.4, -0.2) is 13.7 Å². The lowest BCUT2D eigenvalue weighted by Gasteiger charge is -2.09. The predicted octanol–water partition coefficient (Wildman–Crippen LogP) is 4.03. The van der Waals surface area contributed by atoms with Gasteiger partial charge in [-0.3, -0.25) is 0 Å². The highest BCUT2D eigenvalue weighted by molar-refractivity contribution is 7.78. The summed E-state index contributed by atoms with van der Waals surface area (Å²) in [7, 11) is 0. The van der Waals surface area contributed by atoms with Crippen molar-refractivity contribution >= 4 is 16.9 Å². The second-order valence-corrected chi connectivity index (χ2v) is 6.62. The molecule has 0 saturated carbocycles. The number of anilines is 1. The molecule has 1 atom stereocenters. The molecule has 0 aliphatic heterocycles. The lowest BCUT2D eigenvalue weighted by atomic mass is 10.00. The van der Waals surface area contributed by atoms with Crippen molar-refractivity contribution in [1.29, 1.82) is 0 Å². The van der Waals surface area contributed by atoms with Gasteiger partial charge in [0.15, 0.2) is 11.1 Å². The van der Waals surface area contributed by atoms with E-state index in [0.29, 0.717) is 5.82 Å². The first kappa shape index (κ1) is 16.4. The summed E-state index contributed by atoms with van der Waals surface area (Å²) in [4.78, 5) is 4.31. The van der Waals surface area contributed by atoms with Gasteiger partial charge in [0.05, 0.1) is 5.75 Å². The van der Waals surface area contributed by atoms with Gasteiger partial charge < -0.3 is 10.3 Å². The Kier molecular flexibility index (Phi) is 4.74. The molecule has 122 valence electrons. The van der Waals surface area contributed by atoms with Gasteiger partial charge in [0.25, 0.3) is 0 Å². The highest BCUT2D eigenvalue weighted by Crippen LogP contribution is 2.29. The zero-order valence-corrected chi connectivity index (χ0v) is 14.1. The molecular formula is C19H18N2O2S. The van der Waals surface area contributed by atoms with E-state index in [4.69, 9.17) is 10.3 Å². The van der Waals surface area contributed by atoms with E-state index in [1.807, 2.05) is 61.5 Å². The van der Waals surface area contributed by atoms with Crippen LogP contribution in [0, 0.1) is 6.92 Å². The van der Waals surface area contributed by atoms with Crippen LogP contribution in [0.2, 0.25) is 0 Å². The molecule has 4 nitrogen and oxygen atoms in total. The van der Waals surface area contributed by atoms with Crippen molar-refractivity contribution in [2.24, 2.45) is 0 Å². The van der Waals surface area contributed by atoms with E-state index in [1.54, 1.807) is 6.20 Å². The third-order valence-electron chi connectivity index (χ3n) is 3.86. The number of benzene rings is 2. The first-order valence-electron chi connectivity index (χ1n) is 7.52. The van der Waals surface area contributed by atoms with E-state index in [9.17, 15) is 4.21 Å². The van der Waals surface area contributed by atoms with Gasteiger partial charge in [-0.2, -0.15) is 0 Å². The van der Waals surface area contributed by atoms with Crippen molar-refractivity contribution in [1.82, 2.24) is 4.98 Å². The van der Waals surface area contributed by atoms with Crippen molar-refractivity contribution in [3.8, 4) is 22.3 Å². The van der Waals surface area contributed by atoms with E-state index in [0.717, 1.165) is 27.8 Å². The van der Waals surface area contributed by atoms with Crippen LogP contribution >= 0.6 is 0 Å². The molecule has 0 aliphatic rings. The first-order chi connectivity index (χ1) is 11.5. The maximum atomic E-state index is 10.9. The predicted molar refractivity (Wildman–Crippen MR) is 98.7 cm³/mol. The highest BCUT2D eigenvalue weighted by atomic mass is 32.2. The van der Waals surface area contributed by atoms with E-state index in [2.05, 4.69) is 4.98 Å². The van der Waals surface area contributed by atoms with Gasteiger partial charge >= 0.3 is 0 Å². The Morgan fingerprint density at radius 1 is 1.00 bits per heavy atom. The quantitative estimate of drug-likeness (QED) is 0.704. The van der Waals surface area contributed by atoms with Gasteiger partial charge in [-0.1, -0.05) is 54.1 Å². The van der Waals surface area contributed by atoms with Crippen molar-refractivity contribution in [3.63, 3.8) is 0 Å². The fraction of sp³-hybridized carbons (Fsp3) is 0.105. The number of hydrogen-bond acceptors (Lipinski definition) is 3. The Hall–Kier alpha value is -2.50. The maximum absolute atomic E-state index is 10.9. The molecule has 0 amide bonds. The number of aromatic nitrogens is 1. The van der Waals surface area contributed by atoms with E-state index >= 15 is 0 Å². The van der Waals surface area contributed by atoms with Gasteiger partial charge in [-0.05, 0) is 29.7 Å². The SMILES string of the molecule is Cc1ccc(-c2cc(-c3ccc(CS(=O)O)cc3)cnc2N)cc1. The number of hydrogen-bond donors (Lipinski definition) is 2. The minimum Gasteiger partial charge on any atom is -0.383 e. The van der Waals surface area contributed by atoms with Gasteiger partial charge in [0, 0.05) is 17.3 Å². The van der Waals surface area contributed by atoms with Crippen LogP contribution in [0.15, 0.2) is 60.8 Å². The molecule has 0 bridgehead atoms. The zero-order chi connectivity index (χ0) is 17.1. The summed E-state index contributed by atoms with van der Waals surface area (Å²) in [5.74, 6) is 0.629. The minimum atomic E-state index is -1.83. The van der Waals surface area contributed by atoms with Crippen LogP contribution in [0.25, 0.3) is 22.3 Å². The topological polar surface area (TPSA) is 76.2 Å². The number of rotatable bonds is 4. The van der Waals surface area contributed by atoms with Crippen LogP contribution in [0.4, 0.5) is 5.82 Å². The summed E-state index contributed by atoms with van der Waals surface area (Å²) >= 11 is -1.83. The molecule has 0 saturated heterocycles. The molecule has 0 fully saturated rings. The van der Waals surface area contributed by atoms with E-state index < -0.39 is 11.1 Å². The summed E-state index contributed by atoms with van der Waals surface area (Å²) in [6.07, 6.45) is 1.74. The highest BCUT2D eigenvalue weighted by Gasteiger charge is 2.07. The molecule has 1 unspecified atom stereocenters. The average Bonchev–Trinajstić information content (AvgIpc) is 2.56. The van der Waals surface area contributed by atoms with Crippen molar-refractivity contribution in [2.45, 2.75) is 12.7 Å². The molecule has 0 spiro atoms. The molecular weight excluding hydrogens is 320 g/mol. The summed E-state index contributed by atoms with van der Waals surface area (Å²) in [6, 6.07) is 17.7. The van der Waals surface area contributed by atoms with Crippen LogP contribution in [0.1, 0.15) is 11.1 Å². The van der Waals surface area contributed by atoms with Crippen molar-refractivity contribution < 1.29 is 8.76 Å². The third kappa shape index (κ3) is 3.69. The molecule has 1 aromatic heterocycles. The second kappa shape index (κ2) is 6.95. The Bertz CT molecular complexity index is 875. The Morgan fingerprint density at radius 2 is 1.62 bits per heavy atom. The fourth-order valence-corrected chi connectivity index (χ4v) is 3.01. The number of nitrogen functional groups attached to an aromatic ring is 1. The monoisotopic (exact) mass is 338 g/mol. The molecule has 2 aromatic carbocycles. The maximum Gasteiger partial charge on any atom is 0.157 e. The van der Waals surface area contributed by atoms with Gasteiger partial charge in [-0.15, -0.1) is 0 Å². The first-order valence-corrected chi connectivity index (χ1v) is 8.80. The molecule has 3 N–H and O–H groups in total. The molecule has 3 rings (SSSR count). The molecule has 0 aliphatic carbocycles. The van der Waals surface area contributed by atoms with Gasteiger partial charge in [0.2, 0.25) is 0 Å². The summed E-state index contributed by atoms with van der Waals surface area (Å²) in [5, 5.41) is 0. The lowest BCUT2D eigenvalue weighted by Crippen LogP contribution is -1.95. The summed E-state index contributed by atoms with van der Waals surface area (Å²) in [5.41, 5.74) is 11.9. The molecule has 1 heterocycles. The third-order valence-corrected chi connectivity index (χ3v) is 4.44. The number of nitrogens with zero attached hydrogens (tertiary/aromatic N) is 1. The zero-order valence-electron chi connectivity index (χ0n) is 13.3. The average molecular weight is 338 g/mol. The number of pyridine rings is 1. The largest absolute Gasteiger partial charge is 0.383 e. The van der Waals surface area contributed by atoms with E-state index in [-0.39, 0.29) is 5.75 Å². The smallest absolute Gasteiger partial charge is 0.157 e. The van der Waals surface area contributed by atoms with Gasteiger partial charge in [-0.25, -0.2) is 9.19 Å². The van der Waals surface area contributed by atoms with Gasteiger partial charge in [0.1, 0.15) is 5.82 Å². The molecule has 24 heavy (non-hydrogen) atoms. The lowest BCUT2D eigenvalue weighted by molar-refractivity contribution is 0.563. The summed E-state index contributed by atoms with van der Waals surface area (Å²) < 4.78 is 19.8. The molecule has 0 radical (unpaired) electrons. The summed E-state index contributed by atoms with van der Waals surface area (Å²) in [6.45, 7) is 2.04.